The minimum atomic E-state index is -4.64. The van der Waals surface area contributed by atoms with Gasteiger partial charge >= 0.3 is 12.1 Å². The molecule has 0 amide bonds. The summed E-state index contributed by atoms with van der Waals surface area (Å²) in [6.45, 7) is 4.25. The van der Waals surface area contributed by atoms with E-state index in [1.165, 1.54) is 24.7 Å². The Balaban J connectivity index is 1.86. The number of thioether (sulfide) groups is 1. The van der Waals surface area contributed by atoms with E-state index in [1.807, 2.05) is 6.08 Å². The third-order valence-electron chi connectivity index (χ3n) is 5.90. The van der Waals surface area contributed by atoms with Crippen LogP contribution in [0.4, 0.5) is 17.6 Å². The number of rotatable bonds is 6. The van der Waals surface area contributed by atoms with Gasteiger partial charge in [0.1, 0.15) is 11.6 Å². The molecule has 0 fully saturated rings. The van der Waals surface area contributed by atoms with E-state index < -0.39 is 29.1 Å². The third kappa shape index (κ3) is 6.33. The predicted octanol–water partition coefficient (Wildman–Crippen LogP) is 7.87. The Kier molecular flexibility index (Phi) is 7.79. The second-order valence-electron chi connectivity index (χ2n) is 8.98. The van der Waals surface area contributed by atoms with E-state index >= 15 is 0 Å². The number of benzene rings is 2. The van der Waals surface area contributed by atoms with Gasteiger partial charge in [0.2, 0.25) is 0 Å². The molecule has 9 heteroatoms. The van der Waals surface area contributed by atoms with Crippen LogP contribution < -0.4 is 4.74 Å². The van der Waals surface area contributed by atoms with Gasteiger partial charge in [0.05, 0.1) is 23.3 Å². The highest BCUT2D eigenvalue weighted by molar-refractivity contribution is 8.16. The molecule has 2 aromatic rings. The Morgan fingerprint density at radius 2 is 1.91 bits per heavy atom. The number of ether oxygens (including phenoxy) is 1. The molecule has 2 N–H and O–H groups in total. The maximum atomic E-state index is 14.0. The first-order chi connectivity index (χ1) is 16.3. The summed E-state index contributed by atoms with van der Waals surface area (Å²) in [7, 11) is 1.28. The van der Waals surface area contributed by atoms with Gasteiger partial charge in [0, 0.05) is 11.1 Å². The number of nitrogens with one attached hydrogen (secondary N) is 1. The summed E-state index contributed by atoms with van der Waals surface area (Å²) in [6, 6.07) is 5.99. The van der Waals surface area contributed by atoms with Crippen LogP contribution in [0.1, 0.15) is 65.7 Å². The summed E-state index contributed by atoms with van der Waals surface area (Å²) in [5.41, 5.74) is -0.0167. The molecular formula is C26H25F4NO3S. The number of methoxy groups -OCH3 is 1. The third-order valence-corrected chi connectivity index (χ3v) is 6.62. The average Bonchev–Trinajstić information content (AvgIpc) is 2.78. The van der Waals surface area contributed by atoms with Crippen molar-refractivity contribution in [3.63, 3.8) is 0 Å². The van der Waals surface area contributed by atoms with E-state index in [1.54, 1.807) is 6.07 Å². The molecule has 0 spiro atoms. The molecule has 0 bridgehead atoms. The molecule has 0 atom stereocenters. The number of carbonyl (C=O) groups is 1. The Labute approximate surface area is 205 Å². The minimum Gasteiger partial charge on any atom is -0.496 e. The fraction of sp³-hybridized carbons (Fsp3) is 0.308. The summed E-state index contributed by atoms with van der Waals surface area (Å²) in [5.74, 6) is -2.35. The summed E-state index contributed by atoms with van der Waals surface area (Å²) in [4.78, 5) is 11.1. The van der Waals surface area contributed by atoms with Gasteiger partial charge < -0.3 is 9.84 Å². The molecule has 0 saturated carbocycles. The van der Waals surface area contributed by atoms with Crippen molar-refractivity contribution < 1.29 is 32.2 Å². The highest BCUT2D eigenvalue weighted by Crippen LogP contribution is 2.41. The van der Waals surface area contributed by atoms with E-state index in [4.69, 9.17) is 15.3 Å². The Morgan fingerprint density at radius 3 is 2.49 bits per heavy atom. The summed E-state index contributed by atoms with van der Waals surface area (Å²) < 4.78 is 60.7. The molecule has 2 aromatic carbocycles. The topological polar surface area (TPSA) is 70.4 Å². The van der Waals surface area contributed by atoms with Crippen LogP contribution in [-0.2, 0) is 6.18 Å². The summed E-state index contributed by atoms with van der Waals surface area (Å²) >= 11 is 0.725. The molecule has 0 heterocycles. The van der Waals surface area contributed by atoms with E-state index in [0.717, 1.165) is 48.4 Å². The molecule has 0 saturated heterocycles. The molecular weight excluding hydrogens is 482 g/mol. The first kappa shape index (κ1) is 26.5. The Hall–Kier alpha value is -3.07. The van der Waals surface area contributed by atoms with Crippen LogP contribution in [0.15, 0.2) is 41.8 Å². The van der Waals surface area contributed by atoms with Crippen molar-refractivity contribution in [2.75, 3.05) is 7.11 Å². The highest BCUT2D eigenvalue weighted by Gasteiger charge is 2.35. The highest BCUT2D eigenvalue weighted by atomic mass is 32.2. The largest absolute Gasteiger partial charge is 0.496 e. The second kappa shape index (κ2) is 10.3. The first-order valence-electron chi connectivity index (χ1n) is 10.8. The van der Waals surface area contributed by atoms with Gasteiger partial charge in [-0.2, -0.15) is 13.2 Å². The number of carboxylic acid groups (broad SMARTS) is 1. The van der Waals surface area contributed by atoms with Crippen LogP contribution in [0, 0.1) is 16.6 Å². The van der Waals surface area contributed by atoms with Crippen molar-refractivity contribution in [2.45, 2.75) is 39.3 Å². The van der Waals surface area contributed by atoms with Crippen LogP contribution in [-0.4, -0.2) is 23.2 Å². The molecule has 35 heavy (non-hydrogen) atoms. The smallest absolute Gasteiger partial charge is 0.417 e. The summed E-state index contributed by atoms with van der Waals surface area (Å²) in [6.07, 6.45) is 1.06. The number of aromatic carboxylic acids is 1. The zero-order chi connectivity index (χ0) is 26.0. The number of halogens is 4. The SMILES string of the molecule is COc1cc(C(=O)O)c(F)cc1/C=C/SC(=N)c1ccc(C2=CCC(C)(C)CC2)cc1C(F)(F)F. The minimum absolute atomic E-state index is 0.0800. The molecule has 1 aliphatic carbocycles. The molecule has 4 nitrogen and oxygen atoms in total. The fourth-order valence-corrected chi connectivity index (χ4v) is 4.45. The number of hydrogen-bond donors (Lipinski definition) is 2. The second-order valence-corrected chi connectivity index (χ2v) is 9.90. The van der Waals surface area contributed by atoms with Gasteiger partial charge in [-0.1, -0.05) is 43.8 Å². The Bertz CT molecular complexity index is 1220. The lowest BCUT2D eigenvalue weighted by Crippen LogP contribution is -2.15. The molecule has 0 aromatic heterocycles. The normalized spacial score (nSPS) is 15.7. The quantitative estimate of drug-likeness (QED) is 0.237. The first-order valence-corrected chi connectivity index (χ1v) is 11.6. The molecule has 0 unspecified atom stereocenters. The standard InChI is InChI=1S/C26H25F4NO3S/c1-25(2)9-6-15(7-10-25)16-4-5-18(20(12-16)26(28,29)30)23(31)35-11-8-17-13-21(27)19(24(32)33)14-22(17)34-3/h4-6,8,11-14,31H,7,9-10H2,1-3H3,(H,32,33)/b11-8+,31-23?. The zero-order valence-corrected chi connectivity index (χ0v) is 20.2. The fourth-order valence-electron chi connectivity index (χ4n) is 3.79. The lowest BCUT2D eigenvalue weighted by molar-refractivity contribution is -0.137. The van der Waals surface area contributed by atoms with Crippen molar-refractivity contribution >= 4 is 34.4 Å². The van der Waals surface area contributed by atoms with E-state index in [-0.39, 0.29) is 27.3 Å². The number of alkyl halides is 3. The molecule has 0 aliphatic heterocycles. The number of hydrogen-bond acceptors (Lipinski definition) is 4. The van der Waals surface area contributed by atoms with Crippen molar-refractivity contribution in [3.05, 3.63) is 75.5 Å². The molecule has 186 valence electrons. The van der Waals surface area contributed by atoms with Gasteiger partial charge in [0.15, 0.2) is 0 Å². The van der Waals surface area contributed by atoms with Crippen LogP contribution in [0.3, 0.4) is 0 Å². The maximum Gasteiger partial charge on any atom is 0.417 e. The average molecular weight is 508 g/mol. The van der Waals surface area contributed by atoms with Gasteiger partial charge in [-0.3, -0.25) is 5.41 Å². The monoisotopic (exact) mass is 507 g/mol. The Morgan fingerprint density at radius 1 is 1.20 bits per heavy atom. The van der Waals surface area contributed by atoms with E-state index in [0.29, 0.717) is 12.0 Å². The van der Waals surface area contributed by atoms with Gasteiger partial charge in [0.25, 0.3) is 0 Å². The van der Waals surface area contributed by atoms with Gasteiger partial charge in [-0.05, 0) is 65.5 Å². The molecule has 1 aliphatic rings. The molecule has 0 radical (unpaired) electrons. The van der Waals surface area contributed by atoms with E-state index in [9.17, 15) is 22.4 Å². The van der Waals surface area contributed by atoms with Crippen molar-refractivity contribution in [2.24, 2.45) is 5.41 Å². The lowest BCUT2D eigenvalue weighted by atomic mass is 9.77. The van der Waals surface area contributed by atoms with Crippen LogP contribution in [0.25, 0.3) is 11.6 Å². The van der Waals surface area contributed by atoms with Crippen LogP contribution >= 0.6 is 11.8 Å². The predicted molar refractivity (Wildman–Crippen MR) is 130 cm³/mol. The van der Waals surface area contributed by atoms with Gasteiger partial charge in [-0.15, -0.1) is 0 Å². The van der Waals surface area contributed by atoms with Crippen LogP contribution in [0.2, 0.25) is 0 Å². The number of carboxylic acids is 1. The maximum absolute atomic E-state index is 14.0. The van der Waals surface area contributed by atoms with E-state index in [2.05, 4.69) is 13.8 Å². The van der Waals surface area contributed by atoms with Crippen molar-refractivity contribution in [1.29, 1.82) is 5.41 Å². The number of allylic oxidation sites excluding steroid dienone is 2. The molecule has 3 rings (SSSR count). The van der Waals surface area contributed by atoms with Gasteiger partial charge in [-0.25, -0.2) is 9.18 Å². The van der Waals surface area contributed by atoms with Crippen molar-refractivity contribution in [3.8, 4) is 5.75 Å². The van der Waals surface area contributed by atoms with Crippen LogP contribution in [0.5, 0.6) is 5.75 Å². The summed E-state index contributed by atoms with van der Waals surface area (Å²) in [5, 5.41) is 18.3. The zero-order valence-electron chi connectivity index (χ0n) is 19.4. The lowest BCUT2D eigenvalue weighted by Gasteiger charge is -2.29. The van der Waals surface area contributed by atoms with Crippen molar-refractivity contribution in [1.82, 2.24) is 0 Å².